The molecule has 9 heteroatoms. The second-order valence-corrected chi connectivity index (χ2v) is 5.63. The number of ether oxygens (including phenoxy) is 1. The van der Waals surface area contributed by atoms with E-state index in [-0.39, 0.29) is 48.8 Å². The third kappa shape index (κ3) is 10.3. The van der Waals surface area contributed by atoms with Gasteiger partial charge in [-0.2, -0.15) is 8.42 Å². The van der Waals surface area contributed by atoms with Crippen molar-refractivity contribution in [3.05, 3.63) is 0 Å². The molecule has 0 aliphatic carbocycles. The van der Waals surface area contributed by atoms with Gasteiger partial charge >= 0.3 is 35.5 Å². The summed E-state index contributed by atoms with van der Waals surface area (Å²) in [6, 6.07) is 0. The quantitative estimate of drug-likeness (QED) is 0.277. The van der Waals surface area contributed by atoms with Crippen molar-refractivity contribution in [2.45, 2.75) is 26.2 Å². The van der Waals surface area contributed by atoms with Crippen LogP contribution in [0.15, 0.2) is 0 Å². The van der Waals surface area contributed by atoms with Crippen molar-refractivity contribution in [1.29, 1.82) is 0 Å². The molecule has 106 valence electrons. The summed E-state index contributed by atoms with van der Waals surface area (Å²) >= 11 is 0. The molecule has 19 heavy (non-hydrogen) atoms. The Labute approximate surface area is 134 Å². The van der Waals surface area contributed by atoms with Crippen LogP contribution >= 0.6 is 0 Å². The zero-order chi connectivity index (χ0) is 14.3. The number of aliphatic carboxylic acids is 1. The van der Waals surface area contributed by atoms with Crippen molar-refractivity contribution in [3.8, 4) is 0 Å². The predicted molar refractivity (Wildman–Crippen MR) is 59.9 cm³/mol. The first-order chi connectivity index (χ1) is 8.17. The third-order valence-corrected chi connectivity index (χ3v) is 3.50. The van der Waals surface area contributed by atoms with Crippen molar-refractivity contribution < 1.29 is 62.0 Å². The fourth-order valence-electron chi connectivity index (χ4n) is 1.63. The number of carboxylic acid groups (broad SMARTS) is 1. The average molecular weight is 304 g/mol. The number of carbonyl (C=O) groups excluding carboxylic acids is 2. The number of hydrogen-bond acceptors (Lipinski definition) is 6. The molecule has 0 spiro atoms. The van der Waals surface area contributed by atoms with E-state index in [1.54, 1.807) is 0 Å². The van der Waals surface area contributed by atoms with E-state index in [9.17, 15) is 23.1 Å². The van der Waals surface area contributed by atoms with Crippen LogP contribution in [0.1, 0.15) is 26.2 Å². The standard InChI is InChI=1S/C10H18O7S.Na/c1-7(10(13)17-2)8(3-4-9(11)12)5-6-18(14,15)16;/h7-8H,3-6H2,1-2H3,(H,11,12)(H,14,15,16);/q;+1/p-1. The fourth-order valence-corrected chi connectivity index (χ4v) is 2.23. The minimum absolute atomic E-state index is 0. The van der Waals surface area contributed by atoms with E-state index in [1.807, 2.05) is 0 Å². The smallest absolute Gasteiger partial charge is 0.550 e. The molecule has 0 saturated carbocycles. The maximum atomic E-state index is 11.3. The van der Waals surface area contributed by atoms with Gasteiger partial charge < -0.3 is 14.6 Å². The van der Waals surface area contributed by atoms with Crippen molar-refractivity contribution in [3.63, 3.8) is 0 Å². The molecule has 0 aliphatic rings. The van der Waals surface area contributed by atoms with Crippen LogP contribution in [-0.2, 0) is 24.4 Å². The van der Waals surface area contributed by atoms with Crippen molar-refractivity contribution in [1.82, 2.24) is 0 Å². The first-order valence-electron chi connectivity index (χ1n) is 5.40. The minimum Gasteiger partial charge on any atom is -0.550 e. The SMILES string of the molecule is COC(=O)C(C)C(CCC(=O)[O-])CCS(=O)(=O)O.[Na+]. The molecule has 2 atom stereocenters. The molecule has 0 heterocycles. The third-order valence-electron chi connectivity index (χ3n) is 2.75. The molecule has 0 fully saturated rings. The van der Waals surface area contributed by atoms with Gasteiger partial charge in [-0.25, -0.2) is 0 Å². The summed E-state index contributed by atoms with van der Waals surface area (Å²) in [5.41, 5.74) is 0. The Morgan fingerprint density at radius 3 is 2.21 bits per heavy atom. The van der Waals surface area contributed by atoms with Gasteiger partial charge in [0.1, 0.15) is 0 Å². The maximum Gasteiger partial charge on any atom is 1.00 e. The van der Waals surface area contributed by atoms with Gasteiger partial charge in [0.15, 0.2) is 0 Å². The normalized spacial score (nSPS) is 14.1. The van der Waals surface area contributed by atoms with Gasteiger partial charge in [0, 0.05) is 5.97 Å². The van der Waals surface area contributed by atoms with Crippen LogP contribution in [0.4, 0.5) is 0 Å². The fraction of sp³-hybridized carbons (Fsp3) is 0.800. The zero-order valence-corrected chi connectivity index (χ0v) is 14.1. The molecule has 1 N–H and O–H groups in total. The number of esters is 1. The minimum atomic E-state index is -4.14. The number of carboxylic acids is 1. The Hall–Kier alpha value is -0.150. The van der Waals surface area contributed by atoms with Crippen LogP contribution in [0.2, 0.25) is 0 Å². The van der Waals surface area contributed by atoms with Gasteiger partial charge in [-0.1, -0.05) is 6.92 Å². The van der Waals surface area contributed by atoms with Gasteiger partial charge in [-0.15, -0.1) is 0 Å². The summed E-state index contributed by atoms with van der Waals surface area (Å²) in [7, 11) is -2.95. The molecule has 2 unspecified atom stereocenters. The number of hydrogen-bond donors (Lipinski definition) is 1. The Kier molecular flexibility index (Phi) is 10.8. The molecule has 0 aromatic rings. The molecule has 0 amide bonds. The van der Waals surface area contributed by atoms with Crippen LogP contribution in [0, 0.1) is 11.8 Å². The number of carbonyl (C=O) groups is 2. The van der Waals surface area contributed by atoms with Crippen LogP contribution in [0.5, 0.6) is 0 Å². The van der Waals surface area contributed by atoms with Gasteiger partial charge in [0.05, 0.1) is 18.8 Å². The van der Waals surface area contributed by atoms with Gasteiger partial charge in [0.25, 0.3) is 10.1 Å². The van der Waals surface area contributed by atoms with E-state index in [0.29, 0.717) is 0 Å². The van der Waals surface area contributed by atoms with E-state index in [4.69, 9.17) is 4.55 Å². The van der Waals surface area contributed by atoms with Gasteiger partial charge in [-0.05, 0) is 25.2 Å². The molecule has 0 rings (SSSR count). The van der Waals surface area contributed by atoms with E-state index in [2.05, 4.69) is 4.74 Å². The summed E-state index contributed by atoms with van der Waals surface area (Å²) in [5, 5.41) is 10.4. The Morgan fingerprint density at radius 2 is 1.84 bits per heavy atom. The molecular weight excluding hydrogens is 287 g/mol. The monoisotopic (exact) mass is 304 g/mol. The summed E-state index contributed by atoms with van der Waals surface area (Å²) in [4.78, 5) is 21.7. The molecule has 0 aliphatic heterocycles. The molecule has 0 radical (unpaired) electrons. The largest absolute Gasteiger partial charge is 1.00 e. The van der Waals surface area contributed by atoms with Crippen LogP contribution in [0.25, 0.3) is 0 Å². The Bertz CT molecular complexity index is 393. The molecule has 0 aromatic carbocycles. The summed E-state index contributed by atoms with van der Waals surface area (Å²) in [5.74, 6) is -3.49. The summed E-state index contributed by atoms with van der Waals surface area (Å²) in [6.07, 6.45) is -0.200. The molecular formula is C10H17NaO7S. The van der Waals surface area contributed by atoms with Gasteiger partial charge in [0.2, 0.25) is 0 Å². The first kappa shape index (κ1) is 21.2. The number of rotatable bonds is 8. The van der Waals surface area contributed by atoms with E-state index < -0.39 is 39.6 Å². The molecule has 7 nitrogen and oxygen atoms in total. The second-order valence-electron chi connectivity index (χ2n) is 4.06. The van der Waals surface area contributed by atoms with Crippen molar-refractivity contribution in [2.75, 3.05) is 12.9 Å². The molecule has 0 bridgehead atoms. The van der Waals surface area contributed by atoms with Gasteiger partial charge in [-0.3, -0.25) is 9.35 Å². The molecule has 0 saturated heterocycles. The van der Waals surface area contributed by atoms with E-state index >= 15 is 0 Å². The van der Waals surface area contributed by atoms with Crippen molar-refractivity contribution >= 4 is 22.1 Å². The summed E-state index contributed by atoms with van der Waals surface area (Å²) < 4.78 is 34.5. The van der Waals surface area contributed by atoms with Crippen LogP contribution in [-0.4, -0.2) is 37.8 Å². The average Bonchev–Trinajstić information content (AvgIpc) is 2.25. The van der Waals surface area contributed by atoms with Crippen molar-refractivity contribution in [2.24, 2.45) is 11.8 Å². The Balaban J connectivity index is 0. The predicted octanol–water partition coefficient (Wildman–Crippen LogP) is -3.78. The molecule has 0 aromatic heterocycles. The number of methoxy groups -OCH3 is 1. The van der Waals surface area contributed by atoms with E-state index in [0.717, 1.165) is 0 Å². The maximum absolute atomic E-state index is 11.3. The Morgan fingerprint density at radius 1 is 1.32 bits per heavy atom. The van der Waals surface area contributed by atoms with Crippen LogP contribution < -0.4 is 34.7 Å². The first-order valence-corrected chi connectivity index (χ1v) is 7.01. The second kappa shape index (κ2) is 9.71. The van der Waals surface area contributed by atoms with E-state index in [1.165, 1.54) is 14.0 Å². The summed E-state index contributed by atoms with van der Waals surface area (Å²) in [6.45, 7) is 1.52. The van der Waals surface area contributed by atoms with Crippen LogP contribution in [0.3, 0.4) is 0 Å². The zero-order valence-electron chi connectivity index (χ0n) is 11.3. The topological polar surface area (TPSA) is 121 Å².